The number of ether oxygens (including phenoxy) is 1. The van der Waals surface area contributed by atoms with E-state index >= 15 is 0 Å². The van der Waals surface area contributed by atoms with Gasteiger partial charge in [0.15, 0.2) is 0 Å². The molecule has 8 heteroatoms. The van der Waals surface area contributed by atoms with E-state index in [-0.39, 0.29) is 36.8 Å². The van der Waals surface area contributed by atoms with Crippen LogP contribution in [0.4, 0.5) is 0 Å². The fourth-order valence-corrected chi connectivity index (χ4v) is 2.99. The van der Waals surface area contributed by atoms with Gasteiger partial charge in [-0.25, -0.2) is 4.98 Å². The van der Waals surface area contributed by atoms with E-state index in [9.17, 15) is 4.79 Å². The van der Waals surface area contributed by atoms with Gasteiger partial charge in [0, 0.05) is 28.8 Å². The van der Waals surface area contributed by atoms with Gasteiger partial charge in [-0.3, -0.25) is 4.79 Å². The van der Waals surface area contributed by atoms with Crippen molar-refractivity contribution < 1.29 is 9.53 Å². The third kappa shape index (κ3) is 6.43. The summed E-state index contributed by atoms with van der Waals surface area (Å²) in [6.07, 6.45) is 3.45. The van der Waals surface area contributed by atoms with Gasteiger partial charge in [0.25, 0.3) is 5.91 Å². The Balaban J connectivity index is 0.00000169. The lowest BCUT2D eigenvalue weighted by Crippen LogP contribution is -2.46. The molecule has 1 aromatic heterocycles. The van der Waals surface area contributed by atoms with Crippen LogP contribution in [-0.2, 0) is 0 Å². The van der Waals surface area contributed by atoms with Crippen LogP contribution in [-0.4, -0.2) is 29.5 Å². The average Bonchev–Trinajstić information content (AvgIpc) is 2.57. The smallest absolute Gasteiger partial charge is 0.253 e. The highest BCUT2D eigenvalue weighted by molar-refractivity contribution is 9.10. The molecule has 3 rings (SSSR count). The molecule has 2 N–H and O–H groups in total. The van der Waals surface area contributed by atoms with Crippen molar-refractivity contribution in [1.82, 2.24) is 15.6 Å². The third-order valence-corrected chi connectivity index (χ3v) is 4.52. The Morgan fingerprint density at radius 2 is 1.96 bits per heavy atom. The largest absolute Gasteiger partial charge is 0.439 e. The Morgan fingerprint density at radius 3 is 2.58 bits per heavy atom. The molecule has 1 amide bonds. The molecule has 5 nitrogen and oxygen atoms in total. The van der Waals surface area contributed by atoms with E-state index in [1.54, 1.807) is 18.3 Å². The number of hydrogen-bond acceptors (Lipinski definition) is 4. The Labute approximate surface area is 174 Å². The van der Waals surface area contributed by atoms with Gasteiger partial charge in [-0.1, -0.05) is 15.9 Å². The molecule has 142 valence electrons. The van der Waals surface area contributed by atoms with Gasteiger partial charge in [-0.2, -0.15) is 0 Å². The predicted octanol–water partition coefficient (Wildman–Crippen LogP) is 4.35. The van der Waals surface area contributed by atoms with Crippen LogP contribution in [0, 0.1) is 0 Å². The lowest BCUT2D eigenvalue weighted by atomic mass is 10.0. The van der Waals surface area contributed by atoms with Gasteiger partial charge in [0.1, 0.15) is 5.75 Å². The van der Waals surface area contributed by atoms with Crippen molar-refractivity contribution in [1.29, 1.82) is 0 Å². The first kappa shape index (κ1) is 22.7. The maximum Gasteiger partial charge on any atom is 0.253 e. The molecule has 1 saturated heterocycles. The minimum atomic E-state index is -0.0863. The van der Waals surface area contributed by atoms with Crippen molar-refractivity contribution >= 4 is 46.7 Å². The van der Waals surface area contributed by atoms with Crippen LogP contribution in [0.1, 0.15) is 30.1 Å². The number of aromatic nitrogens is 1. The second-order valence-electron chi connectivity index (χ2n) is 5.99. The molecule has 2 unspecified atom stereocenters. The van der Waals surface area contributed by atoms with Crippen LogP contribution in [0.15, 0.2) is 47.1 Å². The summed E-state index contributed by atoms with van der Waals surface area (Å²) in [6, 6.07) is 11.6. The van der Waals surface area contributed by atoms with E-state index in [0.717, 1.165) is 23.9 Å². The highest BCUT2D eigenvalue weighted by atomic mass is 79.9. The second-order valence-corrected chi connectivity index (χ2v) is 6.91. The number of halogens is 3. The zero-order valence-electron chi connectivity index (χ0n) is 14.3. The molecule has 1 aromatic carbocycles. The highest BCUT2D eigenvalue weighted by Crippen LogP contribution is 2.21. The summed E-state index contributed by atoms with van der Waals surface area (Å²) < 4.78 is 6.65. The molecule has 1 aliphatic heterocycles. The van der Waals surface area contributed by atoms with Crippen LogP contribution in [0.25, 0.3) is 0 Å². The first-order valence-electron chi connectivity index (χ1n) is 8.04. The van der Waals surface area contributed by atoms with Gasteiger partial charge in [0.05, 0.1) is 5.56 Å². The van der Waals surface area contributed by atoms with E-state index < -0.39 is 0 Å². The molecule has 0 aliphatic carbocycles. The average molecular weight is 463 g/mol. The summed E-state index contributed by atoms with van der Waals surface area (Å²) in [5.41, 5.74) is 0.546. The Hall–Kier alpha value is -1.34. The van der Waals surface area contributed by atoms with Crippen LogP contribution < -0.4 is 15.4 Å². The molecule has 26 heavy (non-hydrogen) atoms. The zero-order valence-corrected chi connectivity index (χ0v) is 17.5. The molecule has 2 atom stereocenters. The summed E-state index contributed by atoms with van der Waals surface area (Å²) in [4.78, 5) is 16.5. The van der Waals surface area contributed by atoms with Crippen molar-refractivity contribution in [3.8, 4) is 11.6 Å². The fourth-order valence-electron chi connectivity index (χ4n) is 2.73. The van der Waals surface area contributed by atoms with Crippen LogP contribution >= 0.6 is 40.7 Å². The number of nitrogens with zero attached hydrogens (tertiary/aromatic N) is 1. The quantitative estimate of drug-likeness (QED) is 0.708. The molecule has 1 aliphatic rings. The number of amides is 1. The number of pyridine rings is 1. The number of hydrogen-bond donors (Lipinski definition) is 2. The molecule has 2 heterocycles. The van der Waals surface area contributed by atoms with Gasteiger partial charge in [-0.15, -0.1) is 24.8 Å². The lowest BCUT2D eigenvalue weighted by molar-refractivity contribution is 0.0925. The number of nitrogens with one attached hydrogen (secondary N) is 2. The Bertz CT molecular complexity index is 699. The Morgan fingerprint density at radius 1 is 1.23 bits per heavy atom. The van der Waals surface area contributed by atoms with Crippen molar-refractivity contribution in [3.63, 3.8) is 0 Å². The van der Waals surface area contributed by atoms with Gasteiger partial charge < -0.3 is 15.4 Å². The van der Waals surface area contributed by atoms with Gasteiger partial charge in [0.2, 0.25) is 5.88 Å². The minimum Gasteiger partial charge on any atom is -0.439 e. The first-order valence-corrected chi connectivity index (χ1v) is 8.83. The molecule has 0 spiro atoms. The van der Waals surface area contributed by atoms with Gasteiger partial charge >= 0.3 is 0 Å². The van der Waals surface area contributed by atoms with Crippen LogP contribution in [0.2, 0.25) is 0 Å². The van der Waals surface area contributed by atoms with E-state index in [1.165, 1.54) is 0 Å². The van der Waals surface area contributed by atoms with E-state index in [1.807, 2.05) is 24.3 Å². The summed E-state index contributed by atoms with van der Waals surface area (Å²) >= 11 is 3.38. The molecule has 0 bridgehead atoms. The maximum absolute atomic E-state index is 12.3. The number of carbonyl (C=O) groups is 1. The summed E-state index contributed by atoms with van der Waals surface area (Å²) in [5, 5.41) is 6.45. The number of benzene rings is 1. The molecule has 2 aromatic rings. The summed E-state index contributed by atoms with van der Waals surface area (Å²) in [7, 11) is 0. The van der Waals surface area contributed by atoms with Crippen molar-refractivity contribution in [2.45, 2.75) is 31.8 Å². The first-order chi connectivity index (χ1) is 11.6. The number of rotatable bonds is 4. The van der Waals surface area contributed by atoms with Crippen molar-refractivity contribution in [3.05, 3.63) is 52.6 Å². The summed E-state index contributed by atoms with van der Waals surface area (Å²) in [6.45, 7) is 3.07. The highest BCUT2D eigenvalue weighted by Gasteiger charge is 2.20. The van der Waals surface area contributed by atoms with Crippen LogP contribution in [0.5, 0.6) is 11.6 Å². The van der Waals surface area contributed by atoms with Crippen molar-refractivity contribution in [2.24, 2.45) is 0 Å². The fraction of sp³-hybridized carbons (Fsp3) is 0.333. The molecular weight excluding hydrogens is 441 g/mol. The summed E-state index contributed by atoms with van der Waals surface area (Å²) in [5.74, 6) is 1.08. The SMILES string of the molecule is CC1CC(NC(=O)c2ccc(Oc3ccc(Br)cc3)nc2)CCN1.Cl.Cl. The van der Waals surface area contributed by atoms with Gasteiger partial charge in [-0.05, 0) is 56.6 Å². The second kappa shape index (κ2) is 10.7. The van der Waals surface area contributed by atoms with E-state index in [4.69, 9.17) is 4.74 Å². The Kier molecular flexibility index (Phi) is 9.36. The third-order valence-electron chi connectivity index (χ3n) is 3.99. The predicted molar refractivity (Wildman–Crippen MR) is 111 cm³/mol. The van der Waals surface area contributed by atoms with E-state index in [2.05, 4.69) is 38.5 Å². The van der Waals surface area contributed by atoms with Crippen LogP contribution in [0.3, 0.4) is 0 Å². The molecule has 1 fully saturated rings. The monoisotopic (exact) mass is 461 g/mol. The number of piperidine rings is 1. The normalized spacial score (nSPS) is 18.8. The maximum atomic E-state index is 12.3. The topological polar surface area (TPSA) is 63.2 Å². The lowest BCUT2D eigenvalue weighted by Gasteiger charge is -2.28. The standard InChI is InChI=1S/C18H20BrN3O2.2ClH/c1-12-10-15(8-9-20-12)22-18(23)13-2-7-17(21-11-13)24-16-5-3-14(19)4-6-16;;/h2-7,11-12,15,20H,8-10H2,1H3,(H,22,23);2*1H. The van der Waals surface area contributed by atoms with Crippen molar-refractivity contribution in [2.75, 3.05) is 6.54 Å². The molecule has 0 saturated carbocycles. The molecular formula is C18H22BrCl2N3O2. The minimum absolute atomic E-state index is 0. The number of carbonyl (C=O) groups excluding carboxylic acids is 1. The molecule has 0 radical (unpaired) electrons. The zero-order chi connectivity index (χ0) is 16.9. The van der Waals surface area contributed by atoms with E-state index in [0.29, 0.717) is 23.2 Å².